The van der Waals surface area contributed by atoms with E-state index in [-0.39, 0.29) is 12.2 Å². The zero-order valence-electron chi connectivity index (χ0n) is 22.1. The summed E-state index contributed by atoms with van der Waals surface area (Å²) in [6.07, 6.45) is 2.00. The van der Waals surface area contributed by atoms with Gasteiger partial charge in [-0.2, -0.15) is 18.3 Å². The molecule has 2 aromatic heterocycles. The third-order valence-corrected chi connectivity index (χ3v) is 8.02. The number of hydrogen-bond acceptors (Lipinski definition) is 7. The summed E-state index contributed by atoms with van der Waals surface area (Å²) >= 11 is 0. The minimum Gasteiger partial charge on any atom is -0.478 e. The normalized spacial score (nSPS) is 18.9. The highest BCUT2D eigenvalue weighted by molar-refractivity contribution is 5.94. The van der Waals surface area contributed by atoms with E-state index in [1.54, 1.807) is 4.90 Å². The van der Waals surface area contributed by atoms with Crippen molar-refractivity contribution in [3.8, 4) is 5.88 Å². The van der Waals surface area contributed by atoms with Gasteiger partial charge in [0.1, 0.15) is 0 Å². The number of benzene rings is 1. The van der Waals surface area contributed by atoms with Crippen LogP contribution in [0.15, 0.2) is 24.4 Å². The van der Waals surface area contributed by atoms with Crippen LogP contribution in [0.5, 0.6) is 5.88 Å². The van der Waals surface area contributed by atoms with Gasteiger partial charge in [-0.1, -0.05) is 0 Å². The van der Waals surface area contributed by atoms with Crippen LogP contribution in [0, 0.1) is 0 Å². The van der Waals surface area contributed by atoms with Crippen molar-refractivity contribution in [2.24, 2.45) is 0 Å². The second-order valence-corrected chi connectivity index (χ2v) is 10.6. The minimum absolute atomic E-state index is 0.164. The van der Waals surface area contributed by atoms with Gasteiger partial charge < -0.3 is 19.3 Å². The van der Waals surface area contributed by atoms with Crippen molar-refractivity contribution in [1.82, 2.24) is 20.1 Å². The fourth-order valence-corrected chi connectivity index (χ4v) is 6.04. The van der Waals surface area contributed by atoms with Crippen molar-refractivity contribution < 1.29 is 22.6 Å². The first-order valence-corrected chi connectivity index (χ1v) is 14.0. The van der Waals surface area contributed by atoms with Gasteiger partial charge in [0.2, 0.25) is 5.88 Å². The SMILES string of the molecule is FC(F)(F)c1ccc2[nH]ncc2c1N1CCc2c(N3CCCCC3)cc(OCCCN3CCOCC3)nc2C1. The lowest BCUT2D eigenvalue weighted by molar-refractivity contribution is -0.137. The van der Waals surface area contributed by atoms with Crippen LogP contribution in [0.3, 0.4) is 0 Å². The lowest BCUT2D eigenvalue weighted by Crippen LogP contribution is -2.37. The molecular weight excluding hydrogens is 509 g/mol. The molecule has 5 heterocycles. The molecule has 3 aliphatic rings. The van der Waals surface area contributed by atoms with E-state index in [1.165, 1.54) is 18.7 Å². The molecule has 0 saturated carbocycles. The van der Waals surface area contributed by atoms with Crippen molar-refractivity contribution in [1.29, 1.82) is 0 Å². The molecule has 2 fully saturated rings. The summed E-state index contributed by atoms with van der Waals surface area (Å²) in [7, 11) is 0. The second kappa shape index (κ2) is 11.2. The number of pyridine rings is 1. The Morgan fingerprint density at radius 2 is 1.82 bits per heavy atom. The molecule has 0 aliphatic carbocycles. The average molecular weight is 545 g/mol. The van der Waals surface area contributed by atoms with E-state index in [9.17, 15) is 13.2 Å². The molecule has 6 rings (SSSR count). The lowest BCUT2D eigenvalue weighted by atomic mass is 9.98. The predicted molar refractivity (Wildman–Crippen MR) is 144 cm³/mol. The maximum Gasteiger partial charge on any atom is 0.418 e. The van der Waals surface area contributed by atoms with Gasteiger partial charge in [-0.25, -0.2) is 4.98 Å². The smallest absolute Gasteiger partial charge is 0.418 e. The number of fused-ring (bicyclic) bond motifs is 2. The first kappa shape index (κ1) is 26.2. The van der Waals surface area contributed by atoms with E-state index in [4.69, 9.17) is 14.5 Å². The molecule has 210 valence electrons. The average Bonchev–Trinajstić information content (AvgIpc) is 3.44. The molecule has 8 nitrogen and oxygen atoms in total. The van der Waals surface area contributed by atoms with Crippen LogP contribution >= 0.6 is 0 Å². The topological polar surface area (TPSA) is 69.8 Å². The molecule has 3 aliphatic heterocycles. The number of nitrogens with zero attached hydrogens (tertiary/aromatic N) is 5. The Bertz CT molecular complexity index is 1280. The Kier molecular flexibility index (Phi) is 7.53. The van der Waals surface area contributed by atoms with E-state index >= 15 is 0 Å². The fraction of sp³-hybridized carbons (Fsp3) is 0.571. The van der Waals surface area contributed by atoms with Gasteiger partial charge in [-0.15, -0.1) is 0 Å². The van der Waals surface area contributed by atoms with Crippen LogP contribution in [0.25, 0.3) is 10.9 Å². The van der Waals surface area contributed by atoms with Crippen molar-refractivity contribution in [2.45, 2.75) is 44.8 Å². The van der Waals surface area contributed by atoms with Crippen LogP contribution in [-0.4, -0.2) is 79.2 Å². The third kappa shape index (κ3) is 5.65. The van der Waals surface area contributed by atoms with Gasteiger partial charge in [0.05, 0.1) is 55.0 Å². The van der Waals surface area contributed by atoms with Gasteiger partial charge in [-0.05, 0) is 44.2 Å². The van der Waals surface area contributed by atoms with Gasteiger partial charge >= 0.3 is 6.18 Å². The highest BCUT2D eigenvalue weighted by atomic mass is 19.4. The fourth-order valence-electron chi connectivity index (χ4n) is 6.04. The third-order valence-electron chi connectivity index (χ3n) is 8.02. The first-order chi connectivity index (χ1) is 19.0. The molecule has 0 amide bonds. The van der Waals surface area contributed by atoms with E-state index in [1.807, 2.05) is 6.07 Å². The number of H-pyrrole nitrogens is 1. The van der Waals surface area contributed by atoms with Gasteiger partial charge in [-0.3, -0.25) is 10.00 Å². The Morgan fingerprint density at radius 3 is 2.62 bits per heavy atom. The minimum atomic E-state index is -4.47. The number of aromatic nitrogens is 3. The number of hydrogen-bond donors (Lipinski definition) is 1. The second-order valence-electron chi connectivity index (χ2n) is 10.6. The largest absolute Gasteiger partial charge is 0.478 e. The van der Waals surface area contributed by atoms with Gasteiger partial charge in [0.15, 0.2) is 0 Å². The van der Waals surface area contributed by atoms with Crippen LogP contribution in [0.4, 0.5) is 24.5 Å². The number of alkyl halides is 3. The molecule has 0 radical (unpaired) electrons. The van der Waals surface area contributed by atoms with Gasteiger partial charge in [0.25, 0.3) is 0 Å². The molecular formula is C28H35F3N6O2. The monoisotopic (exact) mass is 544 g/mol. The molecule has 1 N–H and O–H groups in total. The predicted octanol–water partition coefficient (Wildman–Crippen LogP) is 4.63. The van der Waals surface area contributed by atoms with Crippen molar-refractivity contribution in [3.05, 3.63) is 41.2 Å². The van der Waals surface area contributed by atoms with Crippen molar-refractivity contribution >= 4 is 22.3 Å². The summed E-state index contributed by atoms with van der Waals surface area (Å²) in [6.45, 7) is 7.61. The quantitative estimate of drug-likeness (QED) is 0.435. The van der Waals surface area contributed by atoms with Crippen LogP contribution in [-0.2, 0) is 23.9 Å². The zero-order valence-corrected chi connectivity index (χ0v) is 22.1. The number of piperidine rings is 1. The highest BCUT2D eigenvalue weighted by Gasteiger charge is 2.37. The van der Waals surface area contributed by atoms with Crippen molar-refractivity contribution in [3.63, 3.8) is 0 Å². The highest BCUT2D eigenvalue weighted by Crippen LogP contribution is 2.43. The summed E-state index contributed by atoms with van der Waals surface area (Å²) in [5.41, 5.74) is 3.15. The van der Waals surface area contributed by atoms with Crippen LogP contribution < -0.4 is 14.5 Å². The summed E-state index contributed by atoms with van der Waals surface area (Å²) < 4.78 is 53.9. The van der Waals surface area contributed by atoms with Crippen molar-refractivity contribution in [2.75, 3.05) is 68.9 Å². The molecule has 11 heteroatoms. The van der Waals surface area contributed by atoms with Gasteiger partial charge in [0, 0.05) is 62.0 Å². The lowest BCUT2D eigenvalue weighted by Gasteiger charge is -2.36. The molecule has 1 aromatic carbocycles. The van der Waals surface area contributed by atoms with E-state index in [0.717, 1.165) is 88.2 Å². The molecule has 0 unspecified atom stereocenters. The molecule has 2 saturated heterocycles. The van der Waals surface area contributed by atoms with E-state index in [2.05, 4.69) is 20.0 Å². The Morgan fingerprint density at radius 1 is 1.00 bits per heavy atom. The molecule has 3 aromatic rings. The number of nitrogens with one attached hydrogen (secondary N) is 1. The first-order valence-electron chi connectivity index (χ1n) is 14.0. The number of halogens is 3. The number of ether oxygens (including phenoxy) is 2. The summed E-state index contributed by atoms with van der Waals surface area (Å²) in [6, 6.07) is 4.64. The summed E-state index contributed by atoms with van der Waals surface area (Å²) in [5, 5.41) is 7.30. The number of rotatable bonds is 7. The molecule has 39 heavy (non-hydrogen) atoms. The number of anilines is 2. The Hall–Kier alpha value is -3.05. The molecule has 0 spiro atoms. The van der Waals surface area contributed by atoms with E-state index in [0.29, 0.717) is 36.4 Å². The number of morpholine rings is 1. The summed E-state index contributed by atoms with van der Waals surface area (Å²) in [5.74, 6) is 0.552. The summed E-state index contributed by atoms with van der Waals surface area (Å²) in [4.78, 5) is 11.4. The maximum absolute atomic E-state index is 14.1. The Labute approximate surface area is 226 Å². The number of aromatic amines is 1. The Balaban J connectivity index is 1.28. The van der Waals surface area contributed by atoms with E-state index < -0.39 is 11.7 Å². The van der Waals surface area contributed by atoms with Crippen LogP contribution in [0.2, 0.25) is 0 Å². The molecule has 0 bridgehead atoms. The standard InChI is InChI=1S/C28H35F3N6O2/c29-28(30,31)22-5-6-23-21(18-32-34-23)27(22)37-11-7-20-24(19-37)33-26(17-25(20)36-9-2-1-3-10-36)39-14-4-8-35-12-15-38-16-13-35/h5-6,17-18H,1-4,7-16,19H2,(H,32,34). The molecule has 0 atom stereocenters. The zero-order chi connectivity index (χ0) is 26.8. The maximum atomic E-state index is 14.1. The van der Waals surface area contributed by atoms with Crippen LogP contribution in [0.1, 0.15) is 42.5 Å².